The molecule has 7 nitrogen and oxygen atoms in total. The Morgan fingerprint density at radius 3 is 2.59 bits per heavy atom. The molecule has 0 aliphatic heterocycles. The molecule has 0 unspecified atom stereocenters. The molecule has 1 atom stereocenters. The normalized spacial score (nSPS) is 11.5. The molecule has 3 aromatic rings. The van der Waals surface area contributed by atoms with Crippen LogP contribution >= 0.6 is 24.2 Å². The Morgan fingerprint density at radius 1 is 1.17 bits per heavy atom. The molecule has 0 spiro atoms. The second-order valence-electron chi connectivity index (χ2n) is 6.40. The monoisotopic (exact) mass is 432 g/mol. The van der Waals surface area contributed by atoms with Gasteiger partial charge in [0.15, 0.2) is 0 Å². The molecule has 1 amide bonds. The SMILES string of the molecule is CSCC[C@H](N)C(=O)Nc1ccc(CCn2nnc(-c3ccccc3)n2)cc1.Cl. The van der Waals surface area contributed by atoms with Crippen LogP contribution < -0.4 is 11.1 Å². The average molecular weight is 433 g/mol. The van der Waals surface area contributed by atoms with Gasteiger partial charge < -0.3 is 11.1 Å². The van der Waals surface area contributed by atoms with E-state index in [4.69, 9.17) is 5.73 Å². The maximum Gasteiger partial charge on any atom is 0.241 e. The van der Waals surface area contributed by atoms with E-state index in [1.807, 2.05) is 60.9 Å². The number of nitrogens with two attached hydrogens (primary N) is 1. The van der Waals surface area contributed by atoms with Crippen molar-refractivity contribution in [3.63, 3.8) is 0 Å². The molecular formula is C20H25ClN6OS. The number of anilines is 1. The second kappa shape index (κ2) is 11.5. The summed E-state index contributed by atoms with van der Waals surface area (Å²) in [7, 11) is 0. The van der Waals surface area contributed by atoms with E-state index in [1.54, 1.807) is 16.6 Å². The maximum absolute atomic E-state index is 12.1. The topological polar surface area (TPSA) is 98.7 Å². The number of hydrogen-bond acceptors (Lipinski definition) is 6. The van der Waals surface area contributed by atoms with E-state index in [-0.39, 0.29) is 18.3 Å². The lowest BCUT2D eigenvalue weighted by molar-refractivity contribution is -0.117. The summed E-state index contributed by atoms with van der Waals surface area (Å²) in [5.41, 5.74) is 8.71. The van der Waals surface area contributed by atoms with Crippen molar-refractivity contribution in [3.8, 4) is 11.4 Å². The Kier molecular flexibility index (Phi) is 9.11. The van der Waals surface area contributed by atoms with Crippen LogP contribution in [0.5, 0.6) is 0 Å². The van der Waals surface area contributed by atoms with Gasteiger partial charge in [0.2, 0.25) is 11.7 Å². The zero-order chi connectivity index (χ0) is 19.8. The van der Waals surface area contributed by atoms with Crippen molar-refractivity contribution in [2.24, 2.45) is 5.73 Å². The van der Waals surface area contributed by atoms with Crippen molar-refractivity contribution in [2.45, 2.75) is 25.4 Å². The lowest BCUT2D eigenvalue weighted by Crippen LogP contribution is -2.36. The molecule has 9 heteroatoms. The first kappa shape index (κ1) is 22.9. The minimum absolute atomic E-state index is 0. The smallest absolute Gasteiger partial charge is 0.241 e. The Labute approximate surface area is 180 Å². The summed E-state index contributed by atoms with van der Waals surface area (Å²) in [5, 5.41) is 15.5. The quantitative estimate of drug-likeness (QED) is 0.539. The molecule has 0 saturated heterocycles. The predicted octanol–water partition coefficient (Wildman–Crippen LogP) is 3.02. The van der Waals surface area contributed by atoms with Crippen molar-refractivity contribution in [2.75, 3.05) is 17.3 Å². The van der Waals surface area contributed by atoms with Gasteiger partial charge in [0, 0.05) is 11.3 Å². The number of benzene rings is 2. The van der Waals surface area contributed by atoms with Crippen LogP contribution in [0.4, 0.5) is 5.69 Å². The van der Waals surface area contributed by atoms with Crippen molar-refractivity contribution < 1.29 is 4.79 Å². The number of amides is 1. The van der Waals surface area contributed by atoms with Gasteiger partial charge in [-0.15, -0.1) is 22.6 Å². The average Bonchev–Trinajstić information content (AvgIpc) is 3.21. The number of thioether (sulfide) groups is 1. The van der Waals surface area contributed by atoms with E-state index in [1.165, 1.54) is 0 Å². The van der Waals surface area contributed by atoms with E-state index in [2.05, 4.69) is 20.7 Å². The van der Waals surface area contributed by atoms with Gasteiger partial charge in [-0.2, -0.15) is 16.6 Å². The highest BCUT2D eigenvalue weighted by molar-refractivity contribution is 7.98. The molecule has 0 saturated carbocycles. The number of hydrogen-bond donors (Lipinski definition) is 2. The van der Waals surface area contributed by atoms with Crippen LogP contribution in [0.15, 0.2) is 54.6 Å². The fourth-order valence-electron chi connectivity index (χ4n) is 2.64. The van der Waals surface area contributed by atoms with Crippen molar-refractivity contribution in [3.05, 3.63) is 60.2 Å². The minimum atomic E-state index is -0.482. The van der Waals surface area contributed by atoms with E-state index in [0.29, 0.717) is 18.8 Å². The highest BCUT2D eigenvalue weighted by Gasteiger charge is 2.13. The van der Waals surface area contributed by atoms with Gasteiger partial charge in [-0.3, -0.25) is 4.79 Å². The lowest BCUT2D eigenvalue weighted by Gasteiger charge is -2.12. The Morgan fingerprint density at radius 2 is 1.90 bits per heavy atom. The molecule has 2 aromatic carbocycles. The summed E-state index contributed by atoms with van der Waals surface area (Å²) in [6, 6.07) is 17.0. The molecule has 3 rings (SSSR count). The fraction of sp³-hybridized carbons (Fsp3) is 0.300. The molecule has 0 bridgehead atoms. The van der Waals surface area contributed by atoms with Crippen LogP contribution in [-0.4, -0.2) is 44.2 Å². The molecule has 0 fully saturated rings. The maximum atomic E-state index is 12.1. The van der Waals surface area contributed by atoms with E-state index in [9.17, 15) is 4.79 Å². The first-order chi connectivity index (χ1) is 13.7. The summed E-state index contributed by atoms with van der Waals surface area (Å²) in [6.45, 7) is 0.630. The predicted molar refractivity (Wildman–Crippen MR) is 120 cm³/mol. The summed E-state index contributed by atoms with van der Waals surface area (Å²) in [6.07, 6.45) is 3.44. The standard InChI is InChI=1S/C20H24N6OS.ClH/c1-28-14-12-18(21)20(27)22-17-9-7-15(8-10-17)11-13-26-24-19(23-25-26)16-5-3-2-4-6-16;/h2-10,18H,11-14,21H2,1H3,(H,22,27);1H/t18-;/m0./s1. The number of nitrogens with zero attached hydrogens (tertiary/aromatic N) is 4. The van der Waals surface area contributed by atoms with E-state index < -0.39 is 6.04 Å². The largest absolute Gasteiger partial charge is 0.325 e. The van der Waals surface area contributed by atoms with Crippen LogP contribution in [0.2, 0.25) is 0 Å². The van der Waals surface area contributed by atoms with E-state index in [0.717, 1.165) is 29.0 Å². The Hall–Kier alpha value is -2.42. The molecule has 0 aliphatic carbocycles. The molecule has 154 valence electrons. The molecule has 29 heavy (non-hydrogen) atoms. The third-order valence-corrected chi connectivity index (χ3v) is 4.92. The molecule has 0 aliphatic rings. The minimum Gasteiger partial charge on any atom is -0.325 e. The molecule has 0 radical (unpaired) electrons. The van der Waals surface area contributed by atoms with Gasteiger partial charge in [0.05, 0.1) is 12.6 Å². The summed E-state index contributed by atoms with van der Waals surface area (Å²) in [5.74, 6) is 1.34. The van der Waals surface area contributed by atoms with E-state index >= 15 is 0 Å². The zero-order valence-electron chi connectivity index (χ0n) is 16.2. The molecular weight excluding hydrogens is 408 g/mol. The number of carbonyl (C=O) groups excluding carboxylic acids is 1. The van der Waals surface area contributed by atoms with Crippen LogP contribution in [0.1, 0.15) is 12.0 Å². The molecule has 3 N–H and O–H groups in total. The summed E-state index contributed by atoms with van der Waals surface area (Å²) in [4.78, 5) is 13.7. The lowest BCUT2D eigenvalue weighted by atomic mass is 10.1. The Balaban J connectivity index is 0.00000300. The molecule has 1 aromatic heterocycles. The first-order valence-electron chi connectivity index (χ1n) is 9.13. The van der Waals surface area contributed by atoms with Crippen LogP contribution in [0.25, 0.3) is 11.4 Å². The number of aromatic nitrogens is 4. The number of tetrazole rings is 1. The van der Waals surface area contributed by atoms with Gasteiger partial charge >= 0.3 is 0 Å². The highest BCUT2D eigenvalue weighted by atomic mass is 35.5. The number of halogens is 1. The zero-order valence-corrected chi connectivity index (χ0v) is 17.8. The number of nitrogens with one attached hydrogen (secondary N) is 1. The van der Waals surface area contributed by atoms with Crippen molar-refractivity contribution >= 4 is 35.8 Å². The third kappa shape index (κ3) is 6.85. The van der Waals surface area contributed by atoms with Gasteiger partial charge in [0.25, 0.3) is 0 Å². The fourth-order valence-corrected chi connectivity index (χ4v) is 3.13. The van der Waals surface area contributed by atoms with Gasteiger partial charge in [-0.1, -0.05) is 42.5 Å². The Bertz CT molecular complexity index is 888. The highest BCUT2D eigenvalue weighted by Crippen LogP contribution is 2.13. The van der Waals surface area contributed by atoms with Crippen LogP contribution in [-0.2, 0) is 17.8 Å². The van der Waals surface area contributed by atoms with Crippen molar-refractivity contribution in [1.82, 2.24) is 20.2 Å². The van der Waals surface area contributed by atoms with Crippen molar-refractivity contribution in [1.29, 1.82) is 0 Å². The third-order valence-electron chi connectivity index (χ3n) is 4.28. The van der Waals surface area contributed by atoms with Gasteiger partial charge in [-0.25, -0.2) is 0 Å². The number of carbonyl (C=O) groups is 1. The van der Waals surface area contributed by atoms with Gasteiger partial charge in [-0.05, 0) is 47.8 Å². The number of aryl methyl sites for hydroxylation is 2. The first-order valence-corrected chi connectivity index (χ1v) is 10.5. The summed E-state index contributed by atoms with van der Waals surface area (Å²) < 4.78 is 0. The van der Waals surface area contributed by atoms with Crippen LogP contribution in [0.3, 0.4) is 0 Å². The second-order valence-corrected chi connectivity index (χ2v) is 7.38. The van der Waals surface area contributed by atoms with Crippen LogP contribution in [0, 0.1) is 0 Å². The number of rotatable bonds is 9. The molecule has 1 heterocycles. The van der Waals surface area contributed by atoms with Gasteiger partial charge in [0.1, 0.15) is 0 Å². The summed E-state index contributed by atoms with van der Waals surface area (Å²) >= 11 is 1.68.